The number of ketones is 1. The number of nitrogens with zero attached hydrogens (tertiary/aromatic N) is 1. The maximum Gasteiger partial charge on any atom is 0.220 e. The molecule has 0 radical (unpaired) electrons. The number of aryl methyl sites for hydroxylation is 2. The number of carbonyl (C=O) groups is 2. The van der Waals surface area contributed by atoms with Crippen LogP contribution in [-0.4, -0.2) is 29.5 Å². The smallest absolute Gasteiger partial charge is 0.220 e. The first kappa shape index (κ1) is 19.1. The minimum atomic E-state index is -0.139. The summed E-state index contributed by atoms with van der Waals surface area (Å²) in [6.45, 7) is 3.50. The summed E-state index contributed by atoms with van der Waals surface area (Å²) in [5.41, 5.74) is 3.93. The molecule has 6 nitrogen and oxygen atoms in total. The molecule has 0 spiro atoms. The molecule has 0 atom stereocenters. The van der Waals surface area contributed by atoms with Gasteiger partial charge >= 0.3 is 0 Å². The zero-order valence-electron chi connectivity index (χ0n) is 16.7. The highest BCUT2D eigenvalue weighted by Crippen LogP contribution is 2.31. The minimum Gasteiger partial charge on any atom is -0.486 e. The van der Waals surface area contributed by atoms with Crippen molar-refractivity contribution in [2.45, 2.75) is 26.3 Å². The number of carbonyl (C=O) groups excluding carboxylic acids is 2. The van der Waals surface area contributed by atoms with Crippen molar-refractivity contribution in [3.8, 4) is 11.5 Å². The second kappa shape index (κ2) is 7.99. The highest BCUT2D eigenvalue weighted by Gasteiger charge is 2.16. The number of rotatable bonds is 6. The molecular weight excluding hydrogens is 368 g/mol. The van der Waals surface area contributed by atoms with Gasteiger partial charge in [0.05, 0.1) is 0 Å². The van der Waals surface area contributed by atoms with Crippen molar-refractivity contribution in [1.29, 1.82) is 0 Å². The molecule has 0 unspecified atom stereocenters. The number of benzene rings is 2. The van der Waals surface area contributed by atoms with Gasteiger partial charge in [-0.3, -0.25) is 9.59 Å². The Morgan fingerprint density at radius 3 is 2.62 bits per heavy atom. The lowest BCUT2D eigenvalue weighted by Gasteiger charge is -2.18. The molecule has 1 N–H and O–H groups in total. The van der Waals surface area contributed by atoms with Crippen LogP contribution in [-0.2, 0) is 18.4 Å². The van der Waals surface area contributed by atoms with Crippen LogP contribution in [0.15, 0.2) is 42.5 Å². The standard InChI is InChI=1S/C23H24N2O4/c1-15-11-18-12-16(3-5-19(18)25(15)2)14-24-23(27)8-6-20(26)17-4-7-21-22(13-17)29-10-9-28-21/h3-5,7,11-13H,6,8-10,14H2,1-2H3,(H,24,27). The van der Waals surface area contributed by atoms with Gasteiger partial charge in [-0.1, -0.05) is 6.07 Å². The Balaban J connectivity index is 1.30. The van der Waals surface area contributed by atoms with E-state index in [2.05, 4.69) is 35.0 Å². The maximum absolute atomic E-state index is 12.4. The van der Waals surface area contributed by atoms with Gasteiger partial charge in [0.2, 0.25) is 5.91 Å². The number of Topliss-reactive ketones (excluding diaryl/α,β-unsaturated/α-hetero) is 1. The molecule has 0 bridgehead atoms. The summed E-state index contributed by atoms with van der Waals surface area (Å²) in [6, 6.07) is 13.4. The van der Waals surface area contributed by atoms with E-state index in [4.69, 9.17) is 9.47 Å². The summed E-state index contributed by atoms with van der Waals surface area (Å²) in [5, 5.41) is 4.06. The topological polar surface area (TPSA) is 69.6 Å². The number of hydrogen-bond acceptors (Lipinski definition) is 4. The van der Waals surface area contributed by atoms with E-state index in [0.29, 0.717) is 36.8 Å². The van der Waals surface area contributed by atoms with E-state index in [0.717, 1.165) is 10.9 Å². The lowest BCUT2D eigenvalue weighted by atomic mass is 10.1. The Kier molecular flexibility index (Phi) is 5.25. The molecule has 4 rings (SSSR count). The van der Waals surface area contributed by atoms with Gasteiger partial charge in [0, 0.05) is 48.6 Å². The number of ether oxygens (including phenoxy) is 2. The average molecular weight is 392 g/mol. The second-order valence-electron chi connectivity index (χ2n) is 7.30. The molecule has 0 saturated carbocycles. The van der Waals surface area contributed by atoms with E-state index in [-0.39, 0.29) is 24.5 Å². The normalized spacial score (nSPS) is 12.8. The molecule has 1 amide bonds. The van der Waals surface area contributed by atoms with E-state index in [1.807, 2.05) is 13.1 Å². The molecule has 2 heterocycles. The number of aromatic nitrogens is 1. The predicted molar refractivity (Wildman–Crippen MR) is 110 cm³/mol. The van der Waals surface area contributed by atoms with Crippen molar-refractivity contribution in [2.24, 2.45) is 7.05 Å². The van der Waals surface area contributed by atoms with E-state index in [9.17, 15) is 9.59 Å². The Labute approximate surface area is 169 Å². The van der Waals surface area contributed by atoms with Crippen LogP contribution in [0.25, 0.3) is 10.9 Å². The van der Waals surface area contributed by atoms with Gasteiger partial charge < -0.3 is 19.4 Å². The van der Waals surface area contributed by atoms with Crippen LogP contribution in [0.4, 0.5) is 0 Å². The van der Waals surface area contributed by atoms with Crippen LogP contribution < -0.4 is 14.8 Å². The summed E-state index contributed by atoms with van der Waals surface area (Å²) in [7, 11) is 2.04. The fraction of sp³-hybridized carbons (Fsp3) is 0.304. The molecule has 6 heteroatoms. The Morgan fingerprint density at radius 1 is 1.00 bits per heavy atom. The highest BCUT2D eigenvalue weighted by molar-refractivity contribution is 5.98. The van der Waals surface area contributed by atoms with Crippen LogP contribution in [0.5, 0.6) is 11.5 Å². The van der Waals surface area contributed by atoms with Crippen LogP contribution in [0.3, 0.4) is 0 Å². The SMILES string of the molecule is Cc1cc2cc(CNC(=O)CCC(=O)c3ccc4c(c3)OCCO4)ccc2n1C. The number of hydrogen-bond donors (Lipinski definition) is 1. The van der Waals surface area contributed by atoms with Crippen molar-refractivity contribution in [3.05, 3.63) is 59.3 Å². The first-order chi connectivity index (χ1) is 14.0. The van der Waals surface area contributed by atoms with Gasteiger partial charge in [-0.2, -0.15) is 0 Å². The fourth-order valence-electron chi connectivity index (χ4n) is 3.52. The molecule has 1 aromatic heterocycles. The number of amides is 1. The maximum atomic E-state index is 12.4. The molecule has 29 heavy (non-hydrogen) atoms. The quantitative estimate of drug-likeness (QED) is 0.652. The fourth-order valence-corrected chi connectivity index (χ4v) is 3.52. The Morgan fingerprint density at radius 2 is 1.79 bits per heavy atom. The number of fused-ring (bicyclic) bond motifs is 2. The van der Waals surface area contributed by atoms with Crippen LogP contribution >= 0.6 is 0 Å². The van der Waals surface area contributed by atoms with Gasteiger partial charge in [0.25, 0.3) is 0 Å². The summed E-state index contributed by atoms with van der Waals surface area (Å²) < 4.78 is 13.1. The van der Waals surface area contributed by atoms with E-state index in [1.165, 1.54) is 11.2 Å². The second-order valence-corrected chi connectivity index (χ2v) is 7.30. The van der Waals surface area contributed by atoms with E-state index < -0.39 is 0 Å². The van der Waals surface area contributed by atoms with Gasteiger partial charge in [-0.05, 0) is 48.9 Å². The lowest BCUT2D eigenvalue weighted by molar-refractivity contribution is -0.121. The minimum absolute atomic E-state index is 0.0849. The van der Waals surface area contributed by atoms with E-state index in [1.54, 1.807) is 18.2 Å². The van der Waals surface area contributed by atoms with Gasteiger partial charge in [0.1, 0.15) is 13.2 Å². The van der Waals surface area contributed by atoms with Crippen molar-refractivity contribution in [1.82, 2.24) is 9.88 Å². The molecule has 3 aromatic rings. The van der Waals surface area contributed by atoms with Gasteiger partial charge in [-0.25, -0.2) is 0 Å². The van der Waals surface area contributed by atoms with Gasteiger partial charge in [0.15, 0.2) is 17.3 Å². The van der Waals surface area contributed by atoms with E-state index >= 15 is 0 Å². The monoisotopic (exact) mass is 392 g/mol. The zero-order valence-corrected chi connectivity index (χ0v) is 16.7. The Bertz CT molecular complexity index is 1080. The zero-order chi connectivity index (χ0) is 20.4. The molecule has 1 aliphatic rings. The average Bonchev–Trinajstić information content (AvgIpc) is 3.03. The largest absolute Gasteiger partial charge is 0.486 e. The van der Waals surface area contributed by atoms with Crippen molar-refractivity contribution < 1.29 is 19.1 Å². The third-order valence-electron chi connectivity index (χ3n) is 5.28. The van der Waals surface area contributed by atoms with Crippen LogP contribution in [0.1, 0.15) is 34.5 Å². The molecular formula is C23H24N2O4. The van der Waals surface area contributed by atoms with Crippen molar-refractivity contribution >= 4 is 22.6 Å². The molecule has 2 aromatic carbocycles. The molecule has 1 aliphatic heterocycles. The van der Waals surface area contributed by atoms with Crippen molar-refractivity contribution in [2.75, 3.05) is 13.2 Å². The number of nitrogens with one attached hydrogen (secondary N) is 1. The molecule has 0 saturated heterocycles. The summed E-state index contributed by atoms with van der Waals surface area (Å²) in [6.07, 6.45) is 0.308. The first-order valence-corrected chi connectivity index (χ1v) is 9.76. The lowest BCUT2D eigenvalue weighted by Crippen LogP contribution is -2.23. The molecule has 0 aliphatic carbocycles. The first-order valence-electron chi connectivity index (χ1n) is 9.76. The van der Waals surface area contributed by atoms with Crippen LogP contribution in [0.2, 0.25) is 0 Å². The third kappa shape index (κ3) is 4.11. The third-order valence-corrected chi connectivity index (χ3v) is 5.28. The highest BCUT2D eigenvalue weighted by atomic mass is 16.6. The summed E-state index contributed by atoms with van der Waals surface area (Å²) in [5.74, 6) is 1.01. The molecule has 0 fully saturated rings. The molecule has 150 valence electrons. The van der Waals surface area contributed by atoms with Crippen molar-refractivity contribution in [3.63, 3.8) is 0 Å². The van der Waals surface area contributed by atoms with Gasteiger partial charge in [-0.15, -0.1) is 0 Å². The predicted octanol–water partition coefficient (Wildman–Crippen LogP) is 3.54. The Hall–Kier alpha value is -3.28. The summed E-state index contributed by atoms with van der Waals surface area (Å²) >= 11 is 0. The summed E-state index contributed by atoms with van der Waals surface area (Å²) in [4.78, 5) is 24.6. The van der Waals surface area contributed by atoms with Crippen LogP contribution in [0, 0.1) is 6.92 Å².